The third-order valence-corrected chi connectivity index (χ3v) is 3.75. The molecule has 0 spiro atoms. The van der Waals surface area contributed by atoms with E-state index in [2.05, 4.69) is 32.7 Å². The largest absolute Gasteiger partial charge is 0.377 e. The molecular formula is C12H16BrClN2O. The monoisotopic (exact) mass is 318 g/mol. The molecule has 0 amide bonds. The maximum absolute atomic E-state index is 6.00. The molecule has 0 aromatic carbocycles. The molecule has 1 aliphatic heterocycles. The molecule has 94 valence electrons. The molecule has 0 N–H and O–H groups in total. The molecule has 3 nitrogen and oxygen atoms in total. The molecule has 1 atom stereocenters. The first-order valence-corrected chi connectivity index (χ1v) is 7.13. The lowest BCUT2D eigenvalue weighted by molar-refractivity contribution is 0.0925. The molecule has 1 aliphatic rings. The van der Waals surface area contributed by atoms with E-state index in [-0.39, 0.29) is 0 Å². The molecule has 0 aliphatic carbocycles. The predicted octanol–water partition coefficient (Wildman–Crippen LogP) is 3.20. The summed E-state index contributed by atoms with van der Waals surface area (Å²) in [5.74, 6) is 1.48. The van der Waals surface area contributed by atoms with Crippen molar-refractivity contribution in [2.45, 2.75) is 25.3 Å². The first-order chi connectivity index (χ1) is 8.26. The fourth-order valence-electron chi connectivity index (χ4n) is 2.10. The molecule has 1 aromatic rings. The number of morpholine rings is 1. The molecule has 5 heteroatoms. The van der Waals surface area contributed by atoms with Gasteiger partial charge in [0.2, 0.25) is 0 Å². The van der Waals surface area contributed by atoms with E-state index in [9.17, 15) is 0 Å². The summed E-state index contributed by atoms with van der Waals surface area (Å²) in [7, 11) is 0. The topological polar surface area (TPSA) is 25.4 Å². The molecule has 17 heavy (non-hydrogen) atoms. The van der Waals surface area contributed by atoms with Crippen molar-refractivity contribution in [2.24, 2.45) is 0 Å². The summed E-state index contributed by atoms with van der Waals surface area (Å²) in [4.78, 5) is 6.82. The van der Waals surface area contributed by atoms with Gasteiger partial charge < -0.3 is 9.64 Å². The van der Waals surface area contributed by atoms with Crippen LogP contribution < -0.4 is 4.90 Å². The maximum atomic E-state index is 6.00. The first-order valence-electron chi connectivity index (χ1n) is 5.81. The number of ether oxygens (including phenoxy) is 1. The zero-order chi connectivity index (χ0) is 12.3. The van der Waals surface area contributed by atoms with Gasteiger partial charge in [0.1, 0.15) is 5.82 Å². The minimum Gasteiger partial charge on any atom is -0.377 e. The number of nitrogens with zero attached hydrogens (tertiary/aromatic N) is 2. The van der Waals surface area contributed by atoms with Crippen LogP contribution in [0.4, 0.5) is 5.82 Å². The van der Waals surface area contributed by atoms with Crippen molar-refractivity contribution in [1.29, 1.82) is 0 Å². The van der Waals surface area contributed by atoms with E-state index in [0.29, 0.717) is 11.9 Å². The number of pyridine rings is 1. The third-order valence-electron chi connectivity index (χ3n) is 3.02. The lowest BCUT2D eigenvalue weighted by atomic mass is 10.1. The number of aromatic nitrogens is 1. The lowest BCUT2D eigenvalue weighted by Crippen LogP contribution is -2.46. The van der Waals surface area contributed by atoms with Crippen molar-refractivity contribution >= 4 is 33.3 Å². The van der Waals surface area contributed by atoms with Crippen molar-refractivity contribution in [3.05, 3.63) is 22.3 Å². The summed E-state index contributed by atoms with van der Waals surface area (Å²) in [5, 5.41) is 0. The summed E-state index contributed by atoms with van der Waals surface area (Å²) < 4.78 is 6.48. The Morgan fingerprint density at radius 3 is 3.18 bits per heavy atom. The second-order valence-corrected chi connectivity index (χ2v) is 5.28. The van der Waals surface area contributed by atoms with E-state index in [1.165, 1.54) is 0 Å². The van der Waals surface area contributed by atoms with E-state index in [1.54, 1.807) is 0 Å². The van der Waals surface area contributed by atoms with Gasteiger partial charge in [-0.25, -0.2) is 4.98 Å². The van der Waals surface area contributed by atoms with E-state index in [4.69, 9.17) is 16.3 Å². The van der Waals surface area contributed by atoms with Gasteiger partial charge in [-0.3, -0.25) is 0 Å². The van der Waals surface area contributed by atoms with E-state index in [0.717, 1.165) is 42.0 Å². The summed E-state index contributed by atoms with van der Waals surface area (Å²) in [6.45, 7) is 4.59. The Hall–Kier alpha value is -0.320. The highest BCUT2D eigenvalue weighted by Crippen LogP contribution is 2.26. The Labute approximate surface area is 115 Å². The second kappa shape index (κ2) is 6.03. The van der Waals surface area contributed by atoms with Crippen LogP contribution in [0.5, 0.6) is 0 Å². The number of alkyl halides is 1. The zero-order valence-corrected chi connectivity index (χ0v) is 12.2. The maximum Gasteiger partial charge on any atom is 0.133 e. The van der Waals surface area contributed by atoms with Gasteiger partial charge in [-0.05, 0) is 28.4 Å². The normalized spacial score (nSPS) is 20.6. The standard InChI is InChI=1S/C12H16BrClN2O/c1-2-11-8-17-4-3-16(11)12-9(6-14)5-10(13)7-15-12/h5,7,11H,2-4,6,8H2,1H3. The molecular weight excluding hydrogens is 304 g/mol. The average molecular weight is 320 g/mol. The van der Waals surface area contributed by atoms with Crippen LogP contribution in [0.3, 0.4) is 0 Å². The number of rotatable bonds is 3. The summed E-state index contributed by atoms with van der Waals surface area (Å²) in [6, 6.07) is 2.44. The molecule has 2 rings (SSSR count). The van der Waals surface area contributed by atoms with Crippen molar-refractivity contribution in [2.75, 3.05) is 24.7 Å². The minimum atomic E-state index is 0.402. The van der Waals surface area contributed by atoms with Crippen LogP contribution in [-0.2, 0) is 10.6 Å². The van der Waals surface area contributed by atoms with E-state index in [1.807, 2.05) is 12.3 Å². The van der Waals surface area contributed by atoms with Gasteiger partial charge in [-0.15, -0.1) is 11.6 Å². The van der Waals surface area contributed by atoms with Gasteiger partial charge in [-0.2, -0.15) is 0 Å². The van der Waals surface area contributed by atoms with Crippen LogP contribution in [0.15, 0.2) is 16.7 Å². The number of hydrogen-bond acceptors (Lipinski definition) is 3. The smallest absolute Gasteiger partial charge is 0.133 e. The Kier molecular flexibility index (Phi) is 4.65. The molecule has 1 unspecified atom stereocenters. The highest BCUT2D eigenvalue weighted by molar-refractivity contribution is 9.10. The van der Waals surface area contributed by atoms with Gasteiger partial charge in [0.05, 0.1) is 25.1 Å². The Bertz CT molecular complexity index is 389. The highest BCUT2D eigenvalue weighted by Gasteiger charge is 2.24. The fourth-order valence-corrected chi connectivity index (χ4v) is 2.68. The number of hydrogen-bond donors (Lipinski definition) is 0. The highest BCUT2D eigenvalue weighted by atomic mass is 79.9. The Morgan fingerprint density at radius 2 is 2.47 bits per heavy atom. The fraction of sp³-hybridized carbons (Fsp3) is 0.583. The van der Waals surface area contributed by atoms with Gasteiger partial charge in [-0.1, -0.05) is 6.92 Å². The van der Waals surface area contributed by atoms with Crippen LogP contribution in [-0.4, -0.2) is 30.8 Å². The zero-order valence-electron chi connectivity index (χ0n) is 9.83. The van der Waals surface area contributed by atoms with Crippen molar-refractivity contribution in [3.8, 4) is 0 Å². The van der Waals surface area contributed by atoms with Crippen LogP contribution in [0, 0.1) is 0 Å². The molecule has 1 fully saturated rings. The Morgan fingerprint density at radius 1 is 1.65 bits per heavy atom. The van der Waals surface area contributed by atoms with E-state index < -0.39 is 0 Å². The first kappa shape index (κ1) is 13.1. The molecule has 2 heterocycles. The van der Waals surface area contributed by atoms with Crippen molar-refractivity contribution in [1.82, 2.24) is 4.98 Å². The number of halogens is 2. The average Bonchev–Trinajstić information content (AvgIpc) is 2.38. The Balaban J connectivity index is 2.30. The van der Waals surface area contributed by atoms with Crippen LogP contribution in [0.1, 0.15) is 18.9 Å². The minimum absolute atomic E-state index is 0.402. The third kappa shape index (κ3) is 2.92. The lowest BCUT2D eigenvalue weighted by Gasteiger charge is -2.37. The van der Waals surface area contributed by atoms with Gasteiger partial charge in [0.15, 0.2) is 0 Å². The molecule has 0 radical (unpaired) electrons. The summed E-state index contributed by atoms with van der Waals surface area (Å²) in [5.41, 5.74) is 1.07. The molecule has 0 saturated carbocycles. The van der Waals surface area contributed by atoms with Crippen molar-refractivity contribution in [3.63, 3.8) is 0 Å². The quantitative estimate of drug-likeness (QED) is 0.800. The number of anilines is 1. The van der Waals surface area contributed by atoms with Crippen LogP contribution >= 0.6 is 27.5 Å². The summed E-state index contributed by atoms with van der Waals surface area (Å²) >= 11 is 9.42. The van der Waals surface area contributed by atoms with E-state index >= 15 is 0 Å². The van der Waals surface area contributed by atoms with Crippen molar-refractivity contribution < 1.29 is 4.74 Å². The van der Waals surface area contributed by atoms with Crippen LogP contribution in [0.25, 0.3) is 0 Å². The molecule has 1 aromatic heterocycles. The van der Waals surface area contributed by atoms with Crippen LogP contribution in [0.2, 0.25) is 0 Å². The molecule has 1 saturated heterocycles. The van der Waals surface area contributed by atoms with Gasteiger partial charge in [0.25, 0.3) is 0 Å². The van der Waals surface area contributed by atoms with Gasteiger partial charge in [0, 0.05) is 22.8 Å². The van der Waals surface area contributed by atoms with Gasteiger partial charge >= 0.3 is 0 Å². The predicted molar refractivity (Wildman–Crippen MR) is 73.7 cm³/mol. The summed E-state index contributed by atoms with van der Waals surface area (Å²) in [6.07, 6.45) is 2.88. The molecule has 0 bridgehead atoms. The second-order valence-electron chi connectivity index (χ2n) is 4.10. The SMILES string of the molecule is CCC1COCCN1c1ncc(Br)cc1CCl.